The van der Waals surface area contributed by atoms with E-state index in [4.69, 9.17) is 9.47 Å². The highest BCUT2D eigenvalue weighted by Gasteiger charge is 2.57. The second-order valence-electron chi connectivity index (χ2n) is 7.37. The largest absolute Gasteiger partial charge is 0.497 e. The molecule has 1 fully saturated rings. The molecule has 0 aliphatic heterocycles. The molecule has 1 aliphatic rings. The van der Waals surface area contributed by atoms with Crippen LogP contribution in [0.25, 0.3) is 5.57 Å². The third kappa shape index (κ3) is 3.57. The average Bonchev–Trinajstić information content (AvgIpc) is 2.85. The van der Waals surface area contributed by atoms with Crippen molar-refractivity contribution in [3.05, 3.63) is 65.2 Å². The molecule has 0 unspecified atom stereocenters. The number of rotatable bonds is 4. The van der Waals surface area contributed by atoms with Crippen LogP contribution in [-0.2, 0) is 0 Å². The topological polar surface area (TPSA) is 114 Å². The van der Waals surface area contributed by atoms with Crippen molar-refractivity contribution in [2.45, 2.75) is 19.3 Å². The van der Waals surface area contributed by atoms with E-state index in [1.54, 1.807) is 14.2 Å². The lowest BCUT2D eigenvalue weighted by Crippen LogP contribution is -2.42. The van der Waals surface area contributed by atoms with Crippen LogP contribution in [0.5, 0.6) is 11.5 Å². The van der Waals surface area contributed by atoms with Crippen LogP contribution in [0.1, 0.15) is 30.4 Å². The van der Waals surface area contributed by atoms with Gasteiger partial charge in [0.05, 0.1) is 38.5 Å². The predicted octanol–water partition coefficient (Wildman–Crippen LogP) is 4.76. The normalized spacial score (nSPS) is 16.0. The molecule has 0 radical (unpaired) electrons. The Morgan fingerprint density at radius 1 is 0.710 bits per heavy atom. The highest BCUT2D eigenvalue weighted by Crippen LogP contribution is 2.53. The maximum absolute atomic E-state index is 9.89. The van der Waals surface area contributed by atoms with Crippen molar-refractivity contribution in [3.8, 4) is 35.8 Å². The fourth-order valence-electron chi connectivity index (χ4n) is 4.04. The third-order valence-corrected chi connectivity index (χ3v) is 5.88. The number of nitriles is 4. The number of ether oxygens (including phenoxy) is 2. The molecule has 0 bridgehead atoms. The SMILES string of the molecule is COc1ccc(C(=C2CCC(C#N)(C#N)C(C#N)(C#N)C2)c2ccc(OC)cc2)cc1. The lowest BCUT2D eigenvalue weighted by molar-refractivity contribution is 0.243. The molecule has 0 N–H and O–H groups in total. The number of hydrogen-bond donors (Lipinski definition) is 0. The molecule has 0 saturated heterocycles. The summed E-state index contributed by atoms with van der Waals surface area (Å²) in [5.41, 5.74) is 0.127. The van der Waals surface area contributed by atoms with Gasteiger partial charge >= 0.3 is 0 Å². The zero-order chi connectivity index (χ0) is 22.5. The van der Waals surface area contributed by atoms with E-state index >= 15 is 0 Å². The van der Waals surface area contributed by atoms with Crippen LogP contribution in [0, 0.1) is 56.2 Å². The van der Waals surface area contributed by atoms with Crippen LogP contribution in [0.15, 0.2) is 54.1 Å². The summed E-state index contributed by atoms with van der Waals surface area (Å²) in [6.07, 6.45) is 0.570. The number of benzene rings is 2. The van der Waals surface area contributed by atoms with E-state index in [2.05, 4.69) is 0 Å². The smallest absolute Gasteiger partial charge is 0.179 e. The Labute approximate surface area is 181 Å². The summed E-state index contributed by atoms with van der Waals surface area (Å²) in [6, 6.07) is 23.0. The maximum atomic E-state index is 9.89. The first kappa shape index (κ1) is 21.4. The first-order valence-electron chi connectivity index (χ1n) is 9.68. The predicted molar refractivity (Wildman–Crippen MR) is 113 cm³/mol. The zero-order valence-corrected chi connectivity index (χ0v) is 17.3. The summed E-state index contributed by atoms with van der Waals surface area (Å²) in [5, 5.41) is 39.2. The molecule has 152 valence electrons. The number of nitrogens with zero attached hydrogens (tertiary/aromatic N) is 4. The second-order valence-corrected chi connectivity index (χ2v) is 7.37. The summed E-state index contributed by atoms with van der Waals surface area (Å²) in [5.74, 6) is 1.42. The van der Waals surface area contributed by atoms with Gasteiger partial charge in [-0.2, -0.15) is 21.0 Å². The van der Waals surface area contributed by atoms with E-state index in [1.165, 1.54) is 0 Å². The fraction of sp³-hybridized carbons (Fsp3) is 0.280. The van der Waals surface area contributed by atoms with Crippen molar-refractivity contribution in [2.75, 3.05) is 14.2 Å². The molecule has 0 amide bonds. The van der Waals surface area contributed by atoms with Gasteiger partial charge in [0.15, 0.2) is 10.8 Å². The highest BCUT2D eigenvalue weighted by atomic mass is 16.5. The van der Waals surface area contributed by atoms with Crippen molar-refractivity contribution in [2.24, 2.45) is 10.8 Å². The molecule has 0 heterocycles. The van der Waals surface area contributed by atoms with Gasteiger partial charge in [-0.1, -0.05) is 29.8 Å². The Morgan fingerprint density at radius 3 is 1.48 bits per heavy atom. The summed E-state index contributed by atoms with van der Waals surface area (Å²) in [4.78, 5) is 0. The van der Waals surface area contributed by atoms with Gasteiger partial charge in [-0.25, -0.2) is 0 Å². The molecule has 2 aromatic carbocycles. The van der Waals surface area contributed by atoms with E-state index in [0.717, 1.165) is 22.3 Å². The van der Waals surface area contributed by atoms with Gasteiger partial charge in [-0.05, 0) is 53.8 Å². The quantitative estimate of drug-likeness (QED) is 0.721. The number of methoxy groups -OCH3 is 2. The molecule has 1 aliphatic carbocycles. The molecule has 6 heteroatoms. The van der Waals surface area contributed by atoms with Crippen molar-refractivity contribution >= 4 is 5.57 Å². The van der Waals surface area contributed by atoms with Gasteiger partial charge in [0.1, 0.15) is 11.5 Å². The van der Waals surface area contributed by atoms with Crippen molar-refractivity contribution in [1.29, 1.82) is 21.0 Å². The molecular weight excluding hydrogens is 388 g/mol. The standard InChI is InChI=1S/C25H20N4O2/c1-30-21-7-3-18(4-8-21)23(19-5-9-22(31-2)10-6-19)20-11-12-24(14-26,15-27)25(13-20,16-28)17-29/h3-10H,11-13H2,1-2H3. The summed E-state index contributed by atoms with van der Waals surface area (Å²) < 4.78 is 10.5. The van der Waals surface area contributed by atoms with E-state index < -0.39 is 10.8 Å². The summed E-state index contributed by atoms with van der Waals surface area (Å²) in [7, 11) is 3.19. The molecule has 6 nitrogen and oxygen atoms in total. The van der Waals surface area contributed by atoms with Crippen LogP contribution in [0.2, 0.25) is 0 Å². The molecule has 0 aromatic heterocycles. The number of hydrogen-bond acceptors (Lipinski definition) is 6. The van der Waals surface area contributed by atoms with E-state index in [-0.39, 0.29) is 12.8 Å². The van der Waals surface area contributed by atoms with Crippen LogP contribution >= 0.6 is 0 Å². The van der Waals surface area contributed by atoms with Gasteiger partial charge < -0.3 is 9.47 Å². The Kier molecular flexibility index (Phi) is 5.97. The van der Waals surface area contributed by atoms with E-state index in [9.17, 15) is 21.0 Å². The minimum absolute atomic E-state index is 0.0223. The lowest BCUT2D eigenvalue weighted by atomic mass is 9.56. The Morgan fingerprint density at radius 2 is 1.13 bits per heavy atom. The fourth-order valence-corrected chi connectivity index (χ4v) is 4.04. The molecule has 0 spiro atoms. The van der Waals surface area contributed by atoms with E-state index in [0.29, 0.717) is 17.9 Å². The van der Waals surface area contributed by atoms with Crippen LogP contribution in [0.3, 0.4) is 0 Å². The number of allylic oxidation sites excluding steroid dienone is 1. The summed E-state index contributed by atoms with van der Waals surface area (Å²) >= 11 is 0. The minimum Gasteiger partial charge on any atom is -0.497 e. The average molecular weight is 408 g/mol. The third-order valence-electron chi connectivity index (χ3n) is 5.88. The Bertz CT molecular complexity index is 1090. The van der Waals surface area contributed by atoms with Crippen molar-refractivity contribution in [3.63, 3.8) is 0 Å². The first-order valence-corrected chi connectivity index (χ1v) is 9.68. The monoisotopic (exact) mass is 408 g/mol. The Hall–Kier alpha value is -4.26. The second kappa shape index (κ2) is 8.62. The van der Waals surface area contributed by atoms with Gasteiger partial charge in [0.25, 0.3) is 0 Å². The van der Waals surface area contributed by atoms with Gasteiger partial charge in [-0.15, -0.1) is 0 Å². The van der Waals surface area contributed by atoms with Crippen LogP contribution < -0.4 is 9.47 Å². The highest BCUT2D eigenvalue weighted by molar-refractivity contribution is 5.83. The molecular formula is C25H20N4O2. The molecule has 31 heavy (non-hydrogen) atoms. The van der Waals surface area contributed by atoms with Crippen LogP contribution in [-0.4, -0.2) is 14.2 Å². The van der Waals surface area contributed by atoms with Crippen molar-refractivity contribution in [1.82, 2.24) is 0 Å². The van der Waals surface area contributed by atoms with Gasteiger partial charge in [0, 0.05) is 6.42 Å². The molecule has 0 atom stereocenters. The van der Waals surface area contributed by atoms with E-state index in [1.807, 2.05) is 72.8 Å². The lowest BCUT2D eigenvalue weighted by Gasteiger charge is -2.37. The van der Waals surface area contributed by atoms with Crippen molar-refractivity contribution < 1.29 is 9.47 Å². The molecule has 1 saturated carbocycles. The van der Waals surface area contributed by atoms with Gasteiger partial charge in [0.2, 0.25) is 0 Å². The summed E-state index contributed by atoms with van der Waals surface area (Å²) in [6.45, 7) is 0. The zero-order valence-electron chi connectivity index (χ0n) is 17.3. The minimum atomic E-state index is -1.74. The molecule has 2 aromatic rings. The Balaban J connectivity index is 2.23. The maximum Gasteiger partial charge on any atom is 0.179 e. The first-order chi connectivity index (χ1) is 15.0. The van der Waals surface area contributed by atoms with Crippen LogP contribution in [0.4, 0.5) is 0 Å². The molecule has 3 rings (SSSR count). The van der Waals surface area contributed by atoms with Gasteiger partial charge in [-0.3, -0.25) is 0 Å².